The standard InChI is InChI=1S/C12H20N2O4/c1-8-10(11(15)16)4-6-14(8)12(17)13-5-3-9(7-13)18-2/h8-10H,3-7H2,1-2H3,(H,15,16). The van der Waals surface area contributed by atoms with Crippen molar-refractivity contribution in [2.75, 3.05) is 26.7 Å². The Kier molecular flexibility index (Phi) is 3.75. The summed E-state index contributed by atoms with van der Waals surface area (Å²) in [6, 6.07) is -0.276. The van der Waals surface area contributed by atoms with Gasteiger partial charge in [-0.3, -0.25) is 4.79 Å². The molecule has 2 amide bonds. The van der Waals surface area contributed by atoms with E-state index in [9.17, 15) is 9.59 Å². The lowest BCUT2D eigenvalue weighted by Crippen LogP contribution is -2.45. The molecule has 3 unspecified atom stereocenters. The number of likely N-dealkylation sites (tertiary alicyclic amines) is 2. The molecule has 3 atom stereocenters. The molecule has 6 heteroatoms. The summed E-state index contributed by atoms with van der Waals surface area (Å²) < 4.78 is 5.23. The summed E-state index contributed by atoms with van der Waals surface area (Å²) >= 11 is 0. The Morgan fingerprint density at radius 1 is 1.28 bits per heavy atom. The number of amides is 2. The van der Waals surface area contributed by atoms with Crippen molar-refractivity contribution in [2.45, 2.75) is 31.9 Å². The maximum atomic E-state index is 12.3. The first-order chi connectivity index (χ1) is 8.54. The molecule has 102 valence electrons. The number of carbonyl (C=O) groups is 2. The first-order valence-corrected chi connectivity index (χ1v) is 6.35. The normalized spacial score (nSPS) is 32.0. The van der Waals surface area contributed by atoms with Crippen LogP contribution in [-0.2, 0) is 9.53 Å². The Hall–Kier alpha value is -1.30. The average Bonchev–Trinajstić information content (AvgIpc) is 2.94. The molecule has 0 saturated carbocycles. The van der Waals surface area contributed by atoms with Crippen molar-refractivity contribution in [3.8, 4) is 0 Å². The lowest BCUT2D eigenvalue weighted by atomic mass is 10.0. The molecule has 0 aliphatic carbocycles. The van der Waals surface area contributed by atoms with E-state index in [1.165, 1.54) is 0 Å². The van der Waals surface area contributed by atoms with Crippen LogP contribution in [0, 0.1) is 5.92 Å². The summed E-state index contributed by atoms with van der Waals surface area (Å²) in [7, 11) is 1.65. The molecule has 0 aromatic rings. The van der Waals surface area contributed by atoms with E-state index in [4.69, 9.17) is 9.84 Å². The summed E-state index contributed by atoms with van der Waals surface area (Å²) in [5.41, 5.74) is 0. The Bertz CT molecular complexity index is 347. The van der Waals surface area contributed by atoms with Crippen molar-refractivity contribution in [1.29, 1.82) is 0 Å². The number of carboxylic acid groups (broad SMARTS) is 1. The van der Waals surface area contributed by atoms with Gasteiger partial charge in [-0.2, -0.15) is 0 Å². The number of nitrogens with zero attached hydrogens (tertiary/aromatic N) is 2. The number of rotatable bonds is 2. The molecule has 2 aliphatic heterocycles. The first-order valence-electron chi connectivity index (χ1n) is 6.35. The van der Waals surface area contributed by atoms with Crippen molar-refractivity contribution in [3.63, 3.8) is 0 Å². The van der Waals surface area contributed by atoms with Crippen LogP contribution in [0.3, 0.4) is 0 Å². The van der Waals surface area contributed by atoms with Crippen LogP contribution in [0.25, 0.3) is 0 Å². The summed E-state index contributed by atoms with van der Waals surface area (Å²) in [6.45, 7) is 3.65. The Morgan fingerprint density at radius 2 is 2.00 bits per heavy atom. The van der Waals surface area contributed by atoms with E-state index < -0.39 is 11.9 Å². The molecular weight excluding hydrogens is 236 g/mol. The molecule has 1 N–H and O–H groups in total. The Balaban J connectivity index is 1.96. The van der Waals surface area contributed by atoms with E-state index >= 15 is 0 Å². The Morgan fingerprint density at radius 3 is 2.50 bits per heavy atom. The van der Waals surface area contributed by atoms with Gasteiger partial charge in [0.25, 0.3) is 0 Å². The summed E-state index contributed by atoms with van der Waals surface area (Å²) in [6.07, 6.45) is 1.51. The van der Waals surface area contributed by atoms with Crippen molar-refractivity contribution >= 4 is 12.0 Å². The minimum atomic E-state index is -0.811. The number of hydrogen-bond acceptors (Lipinski definition) is 3. The van der Waals surface area contributed by atoms with Crippen LogP contribution in [0.5, 0.6) is 0 Å². The third kappa shape index (κ3) is 2.29. The van der Waals surface area contributed by atoms with Crippen molar-refractivity contribution < 1.29 is 19.4 Å². The van der Waals surface area contributed by atoms with Crippen LogP contribution < -0.4 is 0 Å². The molecule has 2 heterocycles. The van der Waals surface area contributed by atoms with Crippen LogP contribution in [0.1, 0.15) is 19.8 Å². The first kappa shape index (κ1) is 13.1. The number of ether oxygens (including phenoxy) is 1. The van der Waals surface area contributed by atoms with Gasteiger partial charge >= 0.3 is 12.0 Å². The smallest absolute Gasteiger partial charge is 0.320 e. The minimum absolute atomic E-state index is 0.0502. The second kappa shape index (κ2) is 5.14. The van der Waals surface area contributed by atoms with E-state index in [1.54, 1.807) is 16.9 Å². The molecule has 2 saturated heterocycles. The van der Waals surface area contributed by atoms with Crippen molar-refractivity contribution in [2.24, 2.45) is 5.92 Å². The fraction of sp³-hybridized carbons (Fsp3) is 0.833. The van der Waals surface area contributed by atoms with Crippen molar-refractivity contribution in [1.82, 2.24) is 9.80 Å². The molecule has 0 aromatic heterocycles. The number of methoxy groups -OCH3 is 1. The molecule has 2 aliphatic rings. The molecule has 2 rings (SSSR count). The SMILES string of the molecule is COC1CCN(C(=O)N2CCC(C(=O)O)C2C)C1. The van der Waals surface area contributed by atoms with Gasteiger partial charge in [0, 0.05) is 32.8 Å². The highest BCUT2D eigenvalue weighted by Crippen LogP contribution is 2.26. The number of aliphatic carboxylic acids is 1. The van der Waals surface area contributed by atoms with Gasteiger partial charge in [-0.05, 0) is 19.8 Å². The third-order valence-corrected chi connectivity index (χ3v) is 4.07. The zero-order valence-electron chi connectivity index (χ0n) is 10.8. The monoisotopic (exact) mass is 256 g/mol. The topological polar surface area (TPSA) is 70.1 Å². The second-order valence-corrected chi connectivity index (χ2v) is 5.04. The largest absolute Gasteiger partial charge is 0.481 e. The van der Waals surface area contributed by atoms with Gasteiger partial charge in [0.05, 0.1) is 12.0 Å². The molecule has 0 spiro atoms. The lowest BCUT2D eigenvalue weighted by Gasteiger charge is -2.28. The number of hydrogen-bond donors (Lipinski definition) is 1. The average molecular weight is 256 g/mol. The zero-order chi connectivity index (χ0) is 13.3. The fourth-order valence-electron chi connectivity index (χ4n) is 2.82. The van der Waals surface area contributed by atoms with Crippen LogP contribution in [0.15, 0.2) is 0 Å². The van der Waals surface area contributed by atoms with E-state index in [-0.39, 0.29) is 18.2 Å². The lowest BCUT2D eigenvalue weighted by molar-refractivity contribution is -0.142. The van der Waals surface area contributed by atoms with Gasteiger partial charge < -0.3 is 19.6 Å². The summed E-state index contributed by atoms with van der Waals surface area (Å²) in [4.78, 5) is 26.8. The highest BCUT2D eigenvalue weighted by Gasteiger charge is 2.40. The quantitative estimate of drug-likeness (QED) is 0.786. The number of carbonyl (C=O) groups excluding carboxylic acids is 1. The Labute approximate surface area is 106 Å². The second-order valence-electron chi connectivity index (χ2n) is 5.04. The van der Waals surface area contributed by atoms with Crippen LogP contribution in [-0.4, -0.2) is 65.8 Å². The third-order valence-electron chi connectivity index (χ3n) is 4.07. The highest BCUT2D eigenvalue weighted by atomic mass is 16.5. The van der Waals surface area contributed by atoms with Gasteiger partial charge in [0.2, 0.25) is 0 Å². The van der Waals surface area contributed by atoms with Gasteiger partial charge in [-0.25, -0.2) is 4.79 Å². The molecule has 0 aromatic carbocycles. The van der Waals surface area contributed by atoms with E-state index in [2.05, 4.69) is 0 Å². The molecule has 2 fully saturated rings. The van der Waals surface area contributed by atoms with Gasteiger partial charge in [0.1, 0.15) is 0 Å². The van der Waals surface area contributed by atoms with Gasteiger partial charge in [0.15, 0.2) is 0 Å². The van der Waals surface area contributed by atoms with Gasteiger partial charge in [-0.15, -0.1) is 0 Å². The van der Waals surface area contributed by atoms with E-state index in [0.717, 1.165) is 6.42 Å². The molecular formula is C12H20N2O4. The highest BCUT2D eigenvalue weighted by molar-refractivity contribution is 5.78. The summed E-state index contributed by atoms with van der Waals surface area (Å²) in [5, 5.41) is 9.06. The van der Waals surface area contributed by atoms with E-state index in [1.807, 2.05) is 6.92 Å². The number of urea groups is 1. The molecule has 6 nitrogen and oxygen atoms in total. The van der Waals surface area contributed by atoms with Crippen molar-refractivity contribution in [3.05, 3.63) is 0 Å². The molecule has 0 radical (unpaired) electrons. The zero-order valence-corrected chi connectivity index (χ0v) is 10.8. The maximum absolute atomic E-state index is 12.3. The summed E-state index contributed by atoms with van der Waals surface area (Å²) in [5.74, 6) is -1.25. The predicted molar refractivity (Wildman–Crippen MR) is 64.3 cm³/mol. The fourth-order valence-corrected chi connectivity index (χ4v) is 2.82. The van der Waals surface area contributed by atoms with Crippen LogP contribution in [0.4, 0.5) is 4.79 Å². The molecule has 18 heavy (non-hydrogen) atoms. The van der Waals surface area contributed by atoms with Gasteiger partial charge in [-0.1, -0.05) is 0 Å². The van der Waals surface area contributed by atoms with Crippen LogP contribution >= 0.6 is 0 Å². The van der Waals surface area contributed by atoms with Crippen LogP contribution in [0.2, 0.25) is 0 Å². The number of carboxylic acids is 1. The van der Waals surface area contributed by atoms with E-state index in [0.29, 0.717) is 26.1 Å². The maximum Gasteiger partial charge on any atom is 0.320 e. The predicted octanol–water partition coefficient (Wildman–Crippen LogP) is 0.622. The molecule has 0 bridgehead atoms. The minimum Gasteiger partial charge on any atom is -0.481 e.